The van der Waals surface area contributed by atoms with Gasteiger partial charge in [-0.15, -0.1) is 12.4 Å². The smallest absolute Gasteiger partial charge is 0.279 e. The summed E-state index contributed by atoms with van der Waals surface area (Å²) in [6, 6.07) is 0.156. The van der Waals surface area contributed by atoms with E-state index in [4.69, 9.17) is 5.73 Å². The molecule has 3 unspecified atom stereocenters. The van der Waals surface area contributed by atoms with Gasteiger partial charge in [-0.3, -0.25) is 0 Å². The predicted octanol–water partition coefficient (Wildman–Crippen LogP) is 1.24. The maximum absolute atomic E-state index is 12.4. The molecule has 2 fully saturated rings. The van der Waals surface area contributed by atoms with Crippen LogP contribution in [0, 0.1) is 5.92 Å². The van der Waals surface area contributed by atoms with Crippen LogP contribution < -0.4 is 10.5 Å². The van der Waals surface area contributed by atoms with Crippen LogP contribution in [-0.2, 0) is 10.2 Å². The third-order valence-corrected chi connectivity index (χ3v) is 6.07. The highest BCUT2D eigenvalue weighted by atomic mass is 35.5. The van der Waals surface area contributed by atoms with Gasteiger partial charge < -0.3 is 5.73 Å². The van der Waals surface area contributed by atoms with Crippen molar-refractivity contribution >= 4 is 22.6 Å². The Morgan fingerprint density at radius 2 is 1.95 bits per heavy atom. The zero-order chi connectivity index (χ0) is 13.2. The highest BCUT2D eigenvalue weighted by molar-refractivity contribution is 7.87. The molecule has 0 aromatic heterocycles. The number of nitrogens with one attached hydrogen (secondary N) is 1. The summed E-state index contributed by atoms with van der Waals surface area (Å²) in [5, 5.41) is 0. The Morgan fingerprint density at radius 3 is 2.58 bits per heavy atom. The second-order valence-electron chi connectivity index (χ2n) is 5.61. The zero-order valence-electron chi connectivity index (χ0n) is 11.5. The van der Waals surface area contributed by atoms with Gasteiger partial charge in [0.25, 0.3) is 10.2 Å². The van der Waals surface area contributed by atoms with Crippen molar-refractivity contribution in [3.63, 3.8) is 0 Å². The van der Waals surface area contributed by atoms with Crippen molar-refractivity contribution in [1.29, 1.82) is 0 Å². The first-order chi connectivity index (χ1) is 8.54. The van der Waals surface area contributed by atoms with Crippen molar-refractivity contribution in [2.24, 2.45) is 11.7 Å². The van der Waals surface area contributed by atoms with Crippen LogP contribution in [0.1, 0.15) is 45.4 Å². The minimum absolute atomic E-state index is 0. The SMILES string of the molecule is CC1CCCCN1S(=O)(=O)NC1CCCC1CN.Cl. The van der Waals surface area contributed by atoms with Crippen molar-refractivity contribution < 1.29 is 8.42 Å². The Hall–Kier alpha value is 0.120. The van der Waals surface area contributed by atoms with Gasteiger partial charge in [-0.2, -0.15) is 17.4 Å². The lowest BCUT2D eigenvalue weighted by Crippen LogP contribution is -2.51. The molecule has 114 valence electrons. The molecule has 1 saturated carbocycles. The molecule has 0 amide bonds. The van der Waals surface area contributed by atoms with Crippen molar-refractivity contribution in [1.82, 2.24) is 9.03 Å². The van der Waals surface area contributed by atoms with Gasteiger partial charge in [0.1, 0.15) is 0 Å². The summed E-state index contributed by atoms with van der Waals surface area (Å²) in [7, 11) is -3.33. The maximum atomic E-state index is 12.4. The van der Waals surface area contributed by atoms with Crippen molar-refractivity contribution in [2.45, 2.75) is 57.5 Å². The molecule has 7 heteroatoms. The summed E-state index contributed by atoms with van der Waals surface area (Å²) >= 11 is 0. The molecule has 0 radical (unpaired) electrons. The molecule has 1 aliphatic heterocycles. The van der Waals surface area contributed by atoms with Gasteiger partial charge in [-0.25, -0.2) is 0 Å². The fourth-order valence-electron chi connectivity index (χ4n) is 3.16. The number of halogens is 1. The predicted molar refractivity (Wildman–Crippen MR) is 79.5 cm³/mol. The summed E-state index contributed by atoms with van der Waals surface area (Å²) in [4.78, 5) is 0. The van der Waals surface area contributed by atoms with E-state index in [0.717, 1.165) is 38.5 Å². The van der Waals surface area contributed by atoms with Gasteiger partial charge in [-0.1, -0.05) is 12.8 Å². The minimum atomic E-state index is -3.33. The first-order valence-electron chi connectivity index (χ1n) is 7.04. The van der Waals surface area contributed by atoms with Gasteiger partial charge in [0, 0.05) is 18.6 Å². The first kappa shape index (κ1) is 17.2. The molecular weight excluding hydrogens is 286 g/mol. The maximum Gasteiger partial charge on any atom is 0.279 e. The van der Waals surface area contributed by atoms with Gasteiger partial charge in [0.2, 0.25) is 0 Å². The van der Waals surface area contributed by atoms with Gasteiger partial charge in [0.05, 0.1) is 0 Å². The molecule has 2 aliphatic rings. The van der Waals surface area contributed by atoms with E-state index in [0.29, 0.717) is 19.0 Å². The van der Waals surface area contributed by atoms with Crippen LogP contribution in [0.2, 0.25) is 0 Å². The molecule has 3 N–H and O–H groups in total. The van der Waals surface area contributed by atoms with E-state index in [9.17, 15) is 8.42 Å². The van der Waals surface area contributed by atoms with Crippen molar-refractivity contribution in [3.8, 4) is 0 Å². The first-order valence-corrected chi connectivity index (χ1v) is 8.48. The summed E-state index contributed by atoms with van der Waals surface area (Å²) in [5.74, 6) is 0.305. The molecule has 0 bridgehead atoms. The number of rotatable bonds is 4. The molecular formula is C12H26ClN3O2S. The topological polar surface area (TPSA) is 75.4 Å². The number of hydrogen-bond donors (Lipinski definition) is 2. The van der Waals surface area contributed by atoms with E-state index in [2.05, 4.69) is 4.72 Å². The average molecular weight is 312 g/mol. The van der Waals surface area contributed by atoms with E-state index < -0.39 is 10.2 Å². The standard InChI is InChI=1S/C12H25N3O2S.ClH/c1-10-5-2-3-8-15(10)18(16,17)14-12-7-4-6-11(12)9-13;/h10-12,14H,2-9,13H2,1H3;1H. The molecule has 0 spiro atoms. The van der Waals surface area contributed by atoms with Crippen LogP contribution >= 0.6 is 12.4 Å². The van der Waals surface area contributed by atoms with Crippen LogP contribution in [0.5, 0.6) is 0 Å². The normalized spacial score (nSPS) is 33.1. The lowest BCUT2D eigenvalue weighted by molar-refractivity contribution is 0.262. The molecule has 2 rings (SSSR count). The Morgan fingerprint density at radius 1 is 1.21 bits per heavy atom. The molecule has 1 aliphatic carbocycles. The van der Waals surface area contributed by atoms with E-state index in [-0.39, 0.29) is 24.5 Å². The Bertz CT molecular complexity index is 377. The van der Waals surface area contributed by atoms with Crippen LogP contribution in [-0.4, -0.2) is 37.9 Å². The van der Waals surface area contributed by atoms with Gasteiger partial charge in [-0.05, 0) is 45.1 Å². The summed E-state index contributed by atoms with van der Waals surface area (Å²) < 4.78 is 29.3. The molecule has 5 nitrogen and oxygen atoms in total. The fraction of sp³-hybridized carbons (Fsp3) is 1.00. The van der Waals surface area contributed by atoms with Crippen molar-refractivity contribution in [2.75, 3.05) is 13.1 Å². The van der Waals surface area contributed by atoms with E-state index in [1.165, 1.54) is 0 Å². The molecule has 1 heterocycles. The summed E-state index contributed by atoms with van der Waals surface area (Å²) in [5.41, 5.74) is 5.70. The average Bonchev–Trinajstić information content (AvgIpc) is 2.76. The van der Waals surface area contributed by atoms with Crippen LogP contribution in [0.3, 0.4) is 0 Å². The Balaban J connectivity index is 0.00000180. The number of nitrogens with two attached hydrogens (primary N) is 1. The number of piperidine rings is 1. The molecule has 19 heavy (non-hydrogen) atoms. The quantitative estimate of drug-likeness (QED) is 0.820. The molecule has 1 saturated heterocycles. The lowest BCUT2D eigenvalue weighted by atomic mass is 10.1. The number of hydrogen-bond acceptors (Lipinski definition) is 3. The number of nitrogens with zero attached hydrogens (tertiary/aromatic N) is 1. The lowest BCUT2D eigenvalue weighted by Gasteiger charge is -2.33. The zero-order valence-corrected chi connectivity index (χ0v) is 13.2. The van der Waals surface area contributed by atoms with Crippen molar-refractivity contribution in [3.05, 3.63) is 0 Å². The van der Waals surface area contributed by atoms with Crippen LogP contribution in [0.4, 0.5) is 0 Å². The van der Waals surface area contributed by atoms with E-state index >= 15 is 0 Å². The van der Waals surface area contributed by atoms with Crippen LogP contribution in [0.15, 0.2) is 0 Å². The third-order valence-electron chi connectivity index (χ3n) is 4.31. The minimum Gasteiger partial charge on any atom is -0.330 e. The van der Waals surface area contributed by atoms with Crippen LogP contribution in [0.25, 0.3) is 0 Å². The molecule has 0 aromatic carbocycles. The summed E-state index contributed by atoms with van der Waals surface area (Å²) in [6.45, 7) is 3.21. The molecule has 3 atom stereocenters. The fourth-order valence-corrected chi connectivity index (χ4v) is 4.94. The highest BCUT2D eigenvalue weighted by Gasteiger charge is 2.35. The third kappa shape index (κ3) is 4.04. The van der Waals surface area contributed by atoms with E-state index in [1.807, 2.05) is 6.92 Å². The molecule has 0 aromatic rings. The van der Waals surface area contributed by atoms with Gasteiger partial charge in [0.15, 0.2) is 0 Å². The Kier molecular flexibility index (Phi) is 6.53. The highest BCUT2D eigenvalue weighted by Crippen LogP contribution is 2.27. The second kappa shape index (κ2) is 7.22. The largest absolute Gasteiger partial charge is 0.330 e. The Labute approximate surface area is 122 Å². The van der Waals surface area contributed by atoms with Gasteiger partial charge >= 0.3 is 0 Å². The monoisotopic (exact) mass is 311 g/mol. The van der Waals surface area contributed by atoms with E-state index in [1.54, 1.807) is 4.31 Å². The summed E-state index contributed by atoms with van der Waals surface area (Å²) in [6.07, 6.45) is 6.09. The second-order valence-corrected chi connectivity index (χ2v) is 7.27.